The number of hydrogen-bond donors (Lipinski definition) is 3. The lowest BCUT2D eigenvalue weighted by molar-refractivity contribution is -0.123. The Morgan fingerprint density at radius 3 is 2.87 bits per heavy atom. The quantitative estimate of drug-likeness (QED) is 0.561. The first kappa shape index (κ1) is 12.5. The molecule has 0 aliphatic carbocycles. The molecule has 0 radical (unpaired) electrons. The Hall–Kier alpha value is -0.610. The van der Waals surface area contributed by atoms with Gasteiger partial charge in [0.25, 0.3) is 0 Å². The van der Waals surface area contributed by atoms with E-state index in [1.165, 1.54) is 6.42 Å². The molecule has 1 aliphatic rings. The normalized spacial score (nSPS) is 21.3. The van der Waals surface area contributed by atoms with Crippen molar-refractivity contribution >= 4 is 5.91 Å². The van der Waals surface area contributed by atoms with Crippen LogP contribution in [0.3, 0.4) is 0 Å². The molecule has 1 fully saturated rings. The molecule has 1 saturated heterocycles. The standard InChI is InChI=1S/C11H22N2O2/c14-9-5-1-3-8-13-11(15)10-6-2-4-7-12-10/h10,12,14H,1-9H2,(H,13,15). The van der Waals surface area contributed by atoms with E-state index in [1.54, 1.807) is 0 Å². The van der Waals surface area contributed by atoms with Gasteiger partial charge in [-0.05, 0) is 38.6 Å². The minimum Gasteiger partial charge on any atom is -0.396 e. The molecule has 0 aromatic heterocycles. The molecular formula is C11H22N2O2. The third-order valence-corrected chi connectivity index (χ3v) is 2.76. The average molecular weight is 214 g/mol. The third kappa shape index (κ3) is 5.14. The van der Waals surface area contributed by atoms with E-state index in [0.29, 0.717) is 0 Å². The fourth-order valence-electron chi connectivity index (χ4n) is 1.82. The highest BCUT2D eigenvalue weighted by molar-refractivity contribution is 5.81. The van der Waals surface area contributed by atoms with Crippen LogP contribution in [0.1, 0.15) is 38.5 Å². The monoisotopic (exact) mass is 214 g/mol. The van der Waals surface area contributed by atoms with Crippen LogP contribution in [-0.2, 0) is 4.79 Å². The molecule has 88 valence electrons. The van der Waals surface area contributed by atoms with Crippen LogP contribution in [0.15, 0.2) is 0 Å². The average Bonchev–Trinajstić information content (AvgIpc) is 2.30. The highest BCUT2D eigenvalue weighted by Crippen LogP contribution is 2.06. The molecule has 1 atom stereocenters. The van der Waals surface area contributed by atoms with Gasteiger partial charge in [-0.25, -0.2) is 0 Å². The van der Waals surface area contributed by atoms with E-state index < -0.39 is 0 Å². The number of hydrogen-bond acceptors (Lipinski definition) is 3. The van der Waals surface area contributed by atoms with Crippen LogP contribution in [0.2, 0.25) is 0 Å². The van der Waals surface area contributed by atoms with Gasteiger partial charge in [-0.3, -0.25) is 4.79 Å². The lowest BCUT2D eigenvalue weighted by atomic mass is 10.0. The minimum absolute atomic E-state index is 0.0246. The molecule has 4 heteroatoms. The first-order valence-corrected chi connectivity index (χ1v) is 5.96. The van der Waals surface area contributed by atoms with Crippen molar-refractivity contribution in [3.05, 3.63) is 0 Å². The summed E-state index contributed by atoms with van der Waals surface area (Å²) in [4.78, 5) is 11.6. The van der Waals surface area contributed by atoms with Crippen molar-refractivity contribution in [1.29, 1.82) is 0 Å². The number of aliphatic hydroxyl groups excluding tert-OH is 1. The summed E-state index contributed by atoms with van der Waals surface area (Å²) >= 11 is 0. The number of unbranched alkanes of at least 4 members (excludes halogenated alkanes) is 2. The number of carbonyl (C=O) groups excluding carboxylic acids is 1. The molecule has 3 N–H and O–H groups in total. The fraction of sp³-hybridized carbons (Fsp3) is 0.909. The summed E-state index contributed by atoms with van der Waals surface area (Å²) in [5, 5.41) is 14.7. The van der Waals surface area contributed by atoms with Crippen LogP contribution in [0.25, 0.3) is 0 Å². The van der Waals surface area contributed by atoms with Gasteiger partial charge in [0, 0.05) is 13.2 Å². The van der Waals surface area contributed by atoms with Gasteiger partial charge in [0.2, 0.25) is 5.91 Å². The number of carbonyl (C=O) groups is 1. The van der Waals surface area contributed by atoms with Crippen LogP contribution >= 0.6 is 0 Å². The Balaban J connectivity index is 2.02. The number of rotatable bonds is 6. The van der Waals surface area contributed by atoms with E-state index in [1.807, 2.05) is 0 Å². The van der Waals surface area contributed by atoms with Crippen LogP contribution in [-0.4, -0.2) is 36.8 Å². The van der Waals surface area contributed by atoms with Crippen molar-refractivity contribution in [2.75, 3.05) is 19.7 Å². The van der Waals surface area contributed by atoms with E-state index in [-0.39, 0.29) is 18.6 Å². The van der Waals surface area contributed by atoms with Crippen molar-refractivity contribution in [2.24, 2.45) is 0 Å². The number of amides is 1. The third-order valence-electron chi connectivity index (χ3n) is 2.76. The van der Waals surface area contributed by atoms with Gasteiger partial charge in [0.15, 0.2) is 0 Å². The Bertz CT molecular complexity index is 179. The molecule has 1 rings (SSSR count). The van der Waals surface area contributed by atoms with Gasteiger partial charge < -0.3 is 15.7 Å². The van der Waals surface area contributed by atoms with Crippen LogP contribution in [0, 0.1) is 0 Å². The highest BCUT2D eigenvalue weighted by Gasteiger charge is 2.19. The first-order valence-electron chi connectivity index (χ1n) is 5.96. The molecular weight excluding hydrogens is 192 g/mol. The molecule has 4 nitrogen and oxygen atoms in total. The van der Waals surface area contributed by atoms with Crippen LogP contribution in [0.4, 0.5) is 0 Å². The lowest BCUT2D eigenvalue weighted by Crippen LogP contribution is -2.46. The van der Waals surface area contributed by atoms with Crippen molar-refractivity contribution in [3.8, 4) is 0 Å². The maximum absolute atomic E-state index is 11.6. The Labute approximate surface area is 91.4 Å². The summed E-state index contributed by atoms with van der Waals surface area (Å²) in [6, 6.07) is 0.0246. The summed E-state index contributed by atoms with van der Waals surface area (Å²) < 4.78 is 0. The summed E-state index contributed by atoms with van der Waals surface area (Å²) in [6.45, 7) is 1.94. The van der Waals surface area contributed by atoms with Gasteiger partial charge in [0.1, 0.15) is 0 Å². The fourth-order valence-corrected chi connectivity index (χ4v) is 1.82. The smallest absolute Gasteiger partial charge is 0.237 e. The zero-order valence-electron chi connectivity index (χ0n) is 9.30. The molecule has 0 aromatic rings. The summed E-state index contributed by atoms with van der Waals surface area (Å²) in [6.07, 6.45) is 6.06. The van der Waals surface area contributed by atoms with E-state index in [4.69, 9.17) is 5.11 Å². The topological polar surface area (TPSA) is 61.4 Å². The minimum atomic E-state index is 0.0246. The van der Waals surface area contributed by atoms with Gasteiger partial charge in [-0.1, -0.05) is 6.42 Å². The molecule has 15 heavy (non-hydrogen) atoms. The Morgan fingerprint density at radius 1 is 1.33 bits per heavy atom. The van der Waals surface area contributed by atoms with E-state index in [0.717, 1.165) is 45.2 Å². The van der Waals surface area contributed by atoms with E-state index >= 15 is 0 Å². The molecule has 1 unspecified atom stereocenters. The Morgan fingerprint density at radius 2 is 2.20 bits per heavy atom. The van der Waals surface area contributed by atoms with Crippen LogP contribution in [0.5, 0.6) is 0 Å². The van der Waals surface area contributed by atoms with Crippen molar-refractivity contribution < 1.29 is 9.90 Å². The van der Waals surface area contributed by atoms with Gasteiger partial charge in [0.05, 0.1) is 6.04 Å². The number of aliphatic hydroxyl groups is 1. The van der Waals surface area contributed by atoms with Gasteiger partial charge >= 0.3 is 0 Å². The summed E-state index contributed by atoms with van der Waals surface area (Å²) in [7, 11) is 0. The molecule has 1 aliphatic heterocycles. The van der Waals surface area contributed by atoms with E-state index in [2.05, 4.69) is 10.6 Å². The van der Waals surface area contributed by atoms with Crippen molar-refractivity contribution in [1.82, 2.24) is 10.6 Å². The zero-order chi connectivity index (χ0) is 10.9. The maximum Gasteiger partial charge on any atom is 0.237 e. The summed E-state index contributed by atoms with van der Waals surface area (Å²) in [5.41, 5.74) is 0. The second-order valence-electron chi connectivity index (χ2n) is 4.08. The van der Waals surface area contributed by atoms with Gasteiger partial charge in [-0.2, -0.15) is 0 Å². The number of piperidine rings is 1. The predicted molar refractivity (Wildman–Crippen MR) is 59.6 cm³/mol. The highest BCUT2D eigenvalue weighted by atomic mass is 16.2. The van der Waals surface area contributed by atoms with Crippen molar-refractivity contribution in [3.63, 3.8) is 0 Å². The number of nitrogens with one attached hydrogen (secondary N) is 2. The molecule has 1 heterocycles. The van der Waals surface area contributed by atoms with Crippen molar-refractivity contribution in [2.45, 2.75) is 44.6 Å². The zero-order valence-corrected chi connectivity index (χ0v) is 9.30. The van der Waals surface area contributed by atoms with Gasteiger partial charge in [-0.15, -0.1) is 0 Å². The Kier molecular flexibility index (Phi) is 6.36. The largest absolute Gasteiger partial charge is 0.396 e. The summed E-state index contributed by atoms with van der Waals surface area (Å²) in [5.74, 6) is 0.138. The SMILES string of the molecule is O=C(NCCCCCO)C1CCCCN1. The van der Waals surface area contributed by atoms with Crippen LogP contribution < -0.4 is 10.6 Å². The molecule has 0 saturated carbocycles. The molecule has 0 spiro atoms. The lowest BCUT2D eigenvalue weighted by Gasteiger charge is -2.22. The van der Waals surface area contributed by atoms with E-state index in [9.17, 15) is 4.79 Å². The second-order valence-corrected chi connectivity index (χ2v) is 4.08. The molecule has 0 aromatic carbocycles. The molecule has 0 bridgehead atoms. The second kappa shape index (κ2) is 7.65. The predicted octanol–water partition coefficient (Wildman–Crippen LogP) is 0.407. The maximum atomic E-state index is 11.6. The first-order chi connectivity index (χ1) is 7.34. The molecule has 1 amide bonds.